The first-order valence-corrected chi connectivity index (χ1v) is 16.5. The third kappa shape index (κ3) is 7.73. The maximum atomic E-state index is 12.1. The summed E-state index contributed by atoms with van der Waals surface area (Å²) in [5.41, 5.74) is 16.5. The Hall–Kier alpha value is -5.83. The van der Waals surface area contributed by atoms with Gasteiger partial charge in [0.15, 0.2) is 17.9 Å². The van der Waals surface area contributed by atoms with Crippen molar-refractivity contribution in [3.05, 3.63) is 151 Å². The molecule has 0 spiro atoms. The molecule has 0 aliphatic heterocycles. The van der Waals surface area contributed by atoms with Crippen LogP contribution in [0.25, 0.3) is 22.8 Å². The molecule has 50 heavy (non-hydrogen) atoms. The summed E-state index contributed by atoms with van der Waals surface area (Å²) in [4.78, 5) is 12.1. The summed E-state index contributed by atoms with van der Waals surface area (Å²) in [5.74, 6) is 1.19. The summed E-state index contributed by atoms with van der Waals surface area (Å²) in [6.45, 7) is 16.8. The smallest absolute Gasteiger partial charge is 0.185 e. The summed E-state index contributed by atoms with van der Waals surface area (Å²) in [6.07, 6.45) is 2.91. The molecule has 0 radical (unpaired) electrons. The van der Waals surface area contributed by atoms with E-state index in [0.717, 1.165) is 45.5 Å². The van der Waals surface area contributed by atoms with E-state index in [0.29, 0.717) is 11.4 Å². The van der Waals surface area contributed by atoms with E-state index in [1.165, 1.54) is 49.2 Å². The summed E-state index contributed by atoms with van der Waals surface area (Å²) in [5, 5.41) is 23.5. The zero-order valence-electron chi connectivity index (χ0n) is 30.6. The van der Waals surface area contributed by atoms with E-state index in [2.05, 4.69) is 165 Å². The van der Waals surface area contributed by atoms with E-state index in [1.54, 1.807) is 11.7 Å². The molecule has 0 saturated carbocycles. The number of rotatable bonds is 7. The Morgan fingerprint density at radius 3 is 1.28 bits per heavy atom. The molecule has 2 heterocycles. The van der Waals surface area contributed by atoms with Gasteiger partial charge < -0.3 is 0 Å². The largest absolute Gasteiger partial charge is 0.298 e. The van der Waals surface area contributed by atoms with Gasteiger partial charge in [0.05, 0.1) is 5.57 Å². The average molecular weight is 665 g/mol. The fourth-order valence-electron chi connectivity index (χ4n) is 6.32. The van der Waals surface area contributed by atoms with Crippen LogP contribution < -0.4 is 0 Å². The third-order valence-corrected chi connectivity index (χ3v) is 8.82. The summed E-state index contributed by atoms with van der Waals surface area (Å²) in [6, 6.07) is 25.6. The molecule has 0 bridgehead atoms. The van der Waals surface area contributed by atoms with Gasteiger partial charge in [-0.2, -0.15) is 0 Å². The highest BCUT2D eigenvalue weighted by Crippen LogP contribution is 2.35. The van der Waals surface area contributed by atoms with E-state index in [-0.39, 0.29) is 0 Å². The van der Waals surface area contributed by atoms with E-state index in [4.69, 9.17) is 0 Å². The van der Waals surface area contributed by atoms with Crippen LogP contribution in [0.5, 0.6) is 0 Å². The third-order valence-electron chi connectivity index (χ3n) is 8.82. The summed E-state index contributed by atoms with van der Waals surface area (Å²) >= 11 is 0. The lowest BCUT2D eigenvalue weighted by Gasteiger charge is -2.17. The molecule has 0 N–H and O–H groups in total. The fourth-order valence-corrected chi connectivity index (χ4v) is 6.32. The molecule has 2 aromatic heterocycles. The molecule has 4 aromatic carbocycles. The van der Waals surface area contributed by atoms with Crippen molar-refractivity contribution in [3.8, 4) is 0 Å². The van der Waals surface area contributed by atoms with E-state index in [9.17, 15) is 4.79 Å². The van der Waals surface area contributed by atoms with Gasteiger partial charge in [0, 0.05) is 19.7 Å². The van der Waals surface area contributed by atoms with Crippen LogP contribution in [0.4, 0.5) is 0 Å². The number of allylic oxidation sites excluding steroid dienone is 1. The first-order valence-electron chi connectivity index (χ1n) is 16.5. The lowest BCUT2D eigenvalue weighted by atomic mass is 9.87. The van der Waals surface area contributed by atoms with Crippen molar-refractivity contribution in [2.75, 3.05) is 0 Å². The Morgan fingerprint density at radius 2 is 0.940 bits per heavy atom. The molecule has 0 atom stereocenters. The van der Waals surface area contributed by atoms with Gasteiger partial charge in [-0.25, -0.2) is 9.36 Å². The molecule has 0 fully saturated rings. The Balaban J connectivity index is 0.000000195. The van der Waals surface area contributed by atoms with Crippen molar-refractivity contribution in [2.45, 2.75) is 55.4 Å². The molecular formula is C41H44N8O. The van der Waals surface area contributed by atoms with Crippen molar-refractivity contribution in [2.24, 2.45) is 14.1 Å². The first kappa shape index (κ1) is 35.5. The van der Waals surface area contributed by atoms with Crippen molar-refractivity contribution >= 4 is 29.1 Å². The Labute approximate surface area is 294 Å². The fraction of sp³-hybridized carbons (Fsp3) is 0.244. The molecule has 9 nitrogen and oxygen atoms in total. The molecule has 0 aliphatic carbocycles. The van der Waals surface area contributed by atoms with Crippen LogP contribution in [0.15, 0.2) is 72.8 Å². The number of tetrazole rings is 2. The maximum absolute atomic E-state index is 12.1. The number of hydrogen-bond acceptors (Lipinski definition) is 7. The zero-order valence-corrected chi connectivity index (χ0v) is 30.6. The second-order valence-corrected chi connectivity index (χ2v) is 13.0. The van der Waals surface area contributed by atoms with Crippen LogP contribution in [-0.2, 0) is 18.9 Å². The second-order valence-electron chi connectivity index (χ2n) is 13.0. The number of nitrogens with zero attached hydrogens (tertiary/aromatic N) is 8. The van der Waals surface area contributed by atoms with E-state index >= 15 is 0 Å². The second kappa shape index (κ2) is 15.2. The average Bonchev–Trinajstić information content (AvgIpc) is 3.67. The number of hydrogen-bond donors (Lipinski definition) is 0. The topological polar surface area (TPSA) is 104 Å². The minimum Gasteiger partial charge on any atom is -0.298 e. The standard InChI is InChI=1S/C21H22N4O.C20H22N4/c1-13-6-8-17(15(3)10-13)20(18-9-7-14(2)11-16(18)4)19(12-26)21-22-23-24-25(21)5;1-13-6-8-17(15(3)10-13)19(12-20-21-22-23-24(20)5)18-9-7-14(2)11-16(18)4/h6-12H,1-5H3;6-12H,1-5H3. The lowest BCUT2D eigenvalue weighted by Crippen LogP contribution is -2.05. The molecule has 0 saturated heterocycles. The number of aromatic nitrogens is 8. The molecule has 0 aliphatic rings. The Kier molecular flexibility index (Phi) is 10.8. The molecule has 0 amide bonds. The van der Waals surface area contributed by atoms with Crippen molar-refractivity contribution < 1.29 is 4.79 Å². The van der Waals surface area contributed by atoms with E-state index in [1.807, 2.05) is 7.05 Å². The van der Waals surface area contributed by atoms with Gasteiger partial charge in [-0.15, -0.1) is 10.2 Å². The van der Waals surface area contributed by atoms with Crippen molar-refractivity contribution in [1.82, 2.24) is 40.4 Å². The number of benzene rings is 4. The minimum atomic E-state index is 0.454. The van der Waals surface area contributed by atoms with Gasteiger partial charge in [0.2, 0.25) is 0 Å². The molecule has 0 unspecified atom stereocenters. The number of carbonyl (C=O) groups excluding carboxylic acids is 1. The zero-order chi connectivity index (χ0) is 36.1. The van der Waals surface area contributed by atoms with Gasteiger partial charge in [0.25, 0.3) is 0 Å². The number of carbonyl (C=O) groups is 1. The highest BCUT2D eigenvalue weighted by molar-refractivity contribution is 6.19. The highest BCUT2D eigenvalue weighted by atomic mass is 16.1. The van der Waals surface area contributed by atoms with Crippen LogP contribution in [0, 0.1) is 55.4 Å². The molecular weight excluding hydrogens is 621 g/mol. The Morgan fingerprint density at radius 1 is 0.540 bits per heavy atom. The van der Waals surface area contributed by atoms with Crippen LogP contribution in [0.3, 0.4) is 0 Å². The van der Waals surface area contributed by atoms with Crippen molar-refractivity contribution in [1.29, 1.82) is 0 Å². The van der Waals surface area contributed by atoms with Gasteiger partial charge in [-0.05, 0) is 132 Å². The van der Waals surface area contributed by atoms with Gasteiger partial charge in [0.1, 0.15) is 0 Å². The highest BCUT2D eigenvalue weighted by Gasteiger charge is 2.21. The first-order chi connectivity index (χ1) is 23.9. The van der Waals surface area contributed by atoms with Gasteiger partial charge >= 0.3 is 0 Å². The molecule has 9 heteroatoms. The minimum absolute atomic E-state index is 0.454. The summed E-state index contributed by atoms with van der Waals surface area (Å²) < 4.78 is 3.21. The number of aryl methyl sites for hydroxylation is 10. The van der Waals surface area contributed by atoms with Gasteiger partial charge in [-0.3, -0.25) is 4.79 Å². The molecule has 6 aromatic rings. The quantitative estimate of drug-likeness (QED) is 0.128. The van der Waals surface area contributed by atoms with Crippen LogP contribution >= 0.6 is 0 Å². The molecule has 254 valence electrons. The lowest BCUT2D eigenvalue weighted by molar-refractivity contribution is -0.103. The van der Waals surface area contributed by atoms with Crippen LogP contribution in [0.1, 0.15) is 78.4 Å². The molecule has 6 rings (SSSR count). The monoisotopic (exact) mass is 664 g/mol. The SMILES string of the molecule is Cc1ccc(C(=C(C=O)c2nnnn2C)c2ccc(C)cc2C)c(C)c1.Cc1ccc(C(=Cc2nnnn2C)c2ccc(C)cc2C)c(C)c1. The predicted molar refractivity (Wildman–Crippen MR) is 200 cm³/mol. The normalized spacial score (nSPS) is 10.7. The Bertz CT molecular complexity index is 2150. The number of aldehydes is 1. The van der Waals surface area contributed by atoms with Crippen LogP contribution in [0.2, 0.25) is 0 Å². The van der Waals surface area contributed by atoms with Gasteiger partial charge in [-0.1, -0.05) is 95.1 Å². The van der Waals surface area contributed by atoms with E-state index < -0.39 is 0 Å². The van der Waals surface area contributed by atoms with Crippen molar-refractivity contribution in [3.63, 3.8) is 0 Å². The summed E-state index contributed by atoms with van der Waals surface area (Å²) in [7, 11) is 3.59. The predicted octanol–water partition coefficient (Wildman–Crippen LogP) is 7.63. The van der Waals surface area contributed by atoms with Crippen LogP contribution in [-0.4, -0.2) is 46.7 Å². The maximum Gasteiger partial charge on any atom is 0.185 e.